The van der Waals surface area contributed by atoms with Crippen LogP contribution in [0.1, 0.15) is 45.4 Å². The number of piperidine rings is 1. The summed E-state index contributed by atoms with van der Waals surface area (Å²) in [5.74, 6) is 0.380. The summed E-state index contributed by atoms with van der Waals surface area (Å²) in [7, 11) is 0. The van der Waals surface area contributed by atoms with Gasteiger partial charge in [-0.1, -0.05) is 19.3 Å². The highest BCUT2D eigenvalue weighted by molar-refractivity contribution is 4.88. The summed E-state index contributed by atoms with van der Waals surface area (Å²) in [5, 5.41) is 9.73. The molecule has 3 N–H and O–H groups in total. The lowest BCUT2D eigenvalue weighted by Gasteiger charge is -2.43. The van der Waals surface area contributed by atoms with Gasteiger partial charge in [-0.05, 0) is 32.1 Å². The maximum atomic E-state index is 9.73. The Balaban J connectivity index is 1.92. The maximum absolute atomic E-state index is 9.73. The molecule has 16 heavy (non-hydrogen) atoms. The third-order valence-corrected chi connectivity index (χ3v) is 4.32. The summed E-state index contributed by atoms with van der Waals surface area (Å²) in [6, 6.07) is 0.997. The van der Waals surface area contributed by atoms with Crippen molar-refractivity contribution < 1.29 is 5.11 Å². The first kappa shape index (κ1) is 12.3. The first-order valence-corrected chi connectivity index (χ1v) is 6.84. The van der Waals surface area contributed by atoms with E-state index in [1.807, 2.05) is 6.92 Å². The molecule has 1 heterocycles. The van der Waals surface area contributed by atoms with Gasteiger partial charge in [0.2, 0.25) is 0 Å². The van der Waals surface area contributed by atoms with Crippen LogP contribution in [-0.4, -0.2) is 41.3 Å². The lowest BCUT2D eigenvalue weighted by molar-refractivity contribution is 0.0272. The van der Waals surface area contributed by atoms with E-state index in [0.717, 1.165) is 25.6 Å². The molecule has 3 heteroatoms. The first-order valence-electron chi connectivity index (χ1n) is 6.84. The molecule has 3 atom stereocenters. The van der Waals surface area contributed by atoms with Crippen LogP contribution in [-0.2, 0) is 0 Å². The lowest BCUT2D eigenvalue weighted by atomic mass is 9.87. The van der Waals surface area contributed by atoms with Gasteiger partial charge in [0.1, 0.15) is 0 Å². The molecule has 1 aliphatic carbocycles. The molecule has 0 bridgehead atoms. The number of aliphatic hydroxyl groups is 1. The van der Waals surface area contributed by atoms with Crippen molar-refractivity contribution in [1.29, 1.82) is 0 Å². The minimum atomic E-state index is -0.211. The monoisotopic (exact) mass is 226 g/mol. The Hall–Kier alpha value is -0.120. The SMILES string of the molecule is CC(O)C1CC(N)CN(C2CCCCC2)C1. The average molecular weight is 226 g/mol. The van der Waals surface area contributed by atoms with E-state index < -0.39 is 0 Å². The van der Waals surface area contributed by atoms with Crippen LogP contribution in [0.15, 0.2) is 0 Å². The minimum absolute atomic E-state index is 0.211. The van der Waals surface area contributed by atoms with Gasteiger partial charge < -0.3 is 10.8 Å². The standard InChI is InChI=1S/C13H26N2O/c1-10(16)11-7-12(14)9-15(8-11)13-5-3-2-4-6-13/h10-13,16H,2-9,14H2,1H3. The summed E-state index contributed by atoms with van der Waals surface area (Å²) in [6.45, 7) is 3.99. The van der Waals surface area contributed by atoms with Crippen LogP contribution in [0, 0.1) is 5.92 Å². The minimum Gasteiger partial charge on any atom is -0.393 e. The molecule has 0 spiro atoms. The molecule has 0 aromatic heterocycles. The van der Waals surface area contributed by atoms with Crippen LogP contribution in [0.4, 0.5) is 0 Å². The molecule has 1 saturated heterocycles. The van der Waals surface area contributed by atoms with E-state index in [-0.39, 0.29) is 12.1 Å². The van der Waals surface area contributed by atoms with Crippen molar-refractivity contribution in [2.75, 3.05) is 13.1 Å². The van der Waals surface area contributed by atoms with Crippen LogP contribution < -0.4 is 5.73 Å². The van der Waals surface area contributed by atoms with Gasteiger partial charge in [0.25, 0.3) is 0 Å². The van der Waals surface area contributed by atoms with Gasteiger partial charge in [-0.2, -0.15) is 0 Å². The topological polar surface area (TPSA) is 49.5 Å². The van der Waals surface area contributed by atoms with Gasteiger partial charge in [-0.15, -0.1) is 0 Å². The van der Waals surface area contributed by atoms with Gasteiger partial charge in [-0.25, -0.2) is 0 Å². The van der Waals surface area contributed by atoms with E-state index in [2.05, 4.69) is 4.90 Å². The molecular formula is C13H26N2O. The van der Waals surface area contributed by atoms with Crippen molar-refractivity contribution in [1.82, 2.24) is 4.90 Å². The second kappa shape index (κ2) is 5.48. The third-order valence-electron chi connectivity index (χ3n) is 4.32. The molecule has 0 radical (unpaired) electrons. The van der Waals surface area contributed by atoms with Crippen LogP contribution in [0.3, 0.4) is 0 Å². The Kier molecular flexibility index (Phi) is 4.22. The van der Waals surface area contributed by atoms with Gasteiger partial charge in [0.05, 0.1) is 6.10 Å². The van der Waals surface area contributed by atoms with E-state index >= 15 is 0 Å². The molecule has 1 aliphatic heterocycles. The highest BCUT2D eigenvalue weighted by Crippen LogP contribution is 2.27. The molecule has 3 nitrogen and oxygen atoms in total. The molecule has 0 aromatic rings. The maximum Gasteiger partial charge on any atom is 0.0553 e. The van der Waals surface area contributed by atoms with Crippen molar-refractivity contribution in [2.24, 2.45) is 11.7 Å². The predicted octanol–water partition coefficient (Wildman–Crippen LogP) is 1.35. The number of hydrogen-bond acceptors (Lipinski definition) is 3. The van der Waals surface area contributed by atoms with Gasteiger partial charge >= 0.3 is 0 Å². The highest BCUT2D eigenvalue weighted by atomic mass is 16.3. The van der Waals surface area contributed by atoms with Crippen molar-refractivity contribution in [3.63, 3.8) is 0 Å². The fourth-order valence-corrected chi connectivity index (χ4v) is 3.31. The van der Waals surface area contributed by atoms with E-state index in [4.69, 9.17) is 5.73 Å². The Bertz CT molecular complexity index is 214. The Morgan fingerprint density at radius 1 is 1.19 bits per heavy atom. The summed E-state index contributed by atoms with van der Waals surface area (Å²) in [4.78, 5) is 2.55. The summed E-state index contributed by atoms with van der Waals surface area (Å²) < 4.78 is 0. The summed E-state index contributed by atoms with van der Waals surface area (Å²) in [5.41, 5.74) is 6.11. The van der Waals surface area contributed by atoms with Crippen molar-refractivity contribution in [3.8, 4) is 0 Å². The van der Waals surface area contributed by atoms with E-state index in [0.29, 0.717) is 5.92 Å². The molecule has 0 amide bonds. The number of nitrogens with zero attached hydrogens (tertiary/aromatic N) is 1. The van der Waals surface area contributed by atoms with Crippen LogP contribution >= 0.6 is 0 Å². The lowest BCUT2D eigenvalue weighted by Crippen LogP contribution is -2.53. The largest absolute Gasteiger partial charge is 0.393 e. The molecule has 2 aliphatic rings. The molecule has 1 saturated carbocycles. The quantitative estimate of drug-likeness (QED) is 0.747. The van der Waals surface area contributed by atoms with Crippen LogP contribution in [0.2, 0.25) is 0 Å². The summed E-state index contributed by atoms with van der Waals surface area (Å²) in [6.07, 6.45) is 7.58. The fraction of sp³-hybridized carbons (Fsp3) is 1.00. The van der Waals surface area contributed by atoms with E-state index in [9.17, 15) is 5.11 Å². The molecule has 3 unspecified atom stereocenters. The second-order valence-electron chi connectivity index (χ2n) is 5.74. The van der Waals surface area contributed by atoms with Gasteiger partial charge in [0, 0.05) is 25.2 Å². The average Bonchev–Trinajstić information content (AvgIpc) is 2.29. The van der Waals surface area contributed by atoms with Gasteiger partial charge in [-0.3, -0.25) is 4.90 Å². The van der Waals surface area contributed by atoms with Gasteiger partial charge in [0.15, 0.2) is 0 Å². The van der Waals surface area contributed by atoms with Crippen LogP contribution in [0.25, 0.3) is 0 Å². The Morgan fingerprint density at radius 3 is 2.50 bits per heavy atom. The normalized spacial score (nSPS) is 36.2. The third kappa shape index (κ3) is 2.96. The Morgan fingerprint density at radius 2 is 1.88 bits per heavy atom. The highest BCUT2D eigenvalue weighted by Gasteiger charge is 2.32. The van der Waals surface area contributed by atoms with Crippen LogP contribution in [0.5, 0.6) is 0 Å². The zero-order valence-electron chi connectivity index (χ0n) is 10.4. The number of likely N-dealkylation sites (tertiary alicyclic amines) is 1. The number of hydrogen-bond donors (Lipinski definition) is 2. The molecule has 0 aromatic carbocycles. The number of rotatable bonds is 2. The van der Waals surface area contributed by atoms with Crippen molar-refractivity contribution in [2.45, 2.75) is 63.6 Å². The summed E-state index contributed by atoms with van der Waals surface area (Å²) >= 11 is 0. The smallest absolute Gasteiger partial charge is 0.0553 e. The molecule has 2 rings (SSSR count). The fourth-order valence-electron chi connectivity index (χ4n) is 3.31. The number of aliphatic hydroxyl groups excluding tert-OH is 1. The van der Waals surface area contributed by atoms with E-state index in [1.165, 1.54) is 32.1 Å². The molecule has 2 fully saturated rings. The molecular weight excluding hydrogens is 200 g/mol. The predicted molar refractivity (Wildman–Crippen MR) is 66.2 cm³/mol. The first-order chi connectivity index (χ1) is 7.66. The second-order valence-corrected chi connectivity index (χ2v) is 5.74. The van der Waals surface area contributed by atoms with Crippen molar-refractivity contribution in [3.05, 3.63) is 0 Å². The molecule has 94 valence electrons. The van der Waals surface area contributed by atoms with Crippen molar-refractivity contribution >= 4 is 0 Å². The van der Waals surface area contributed by atoms with E-state index in [1.54, 1.807) is 0 Å². The zero-order valence-corrected chi connectivity index (χ0v) is 10.4. The zero-order chi connectivity index (χ0) is 11.5. The Labute approximate surface area is 99.0 Å². The number of nitrogens with two attached hydrogens (primary N) is 1.